The smallest absolute Gasteiger partial charge is 0.330 e. The molecule has 0 spiro atoms. The van der Waals surface area contributed by atoms with Crippen LogP contribution in [0.3, 0.4) is 0 Å². The molecule has 0 unspecified atom stereocenters. The Morgan fingerprint density at radius 3 is 2.35 bits per heavy atom. The lowest BCUT2D eigenvalue weighted by Gasteiger charge is -2.19. The Hall–Kier alpha value is -1.89. The van der Waals surface area contributed by atoms with Crippen molar-refractivity contribution in [3.63, 3.8) is 0 Å². The quantitative estimate of drug-likeness (QED) is 0.729. The van der Waals surface area contributed by atoms with Crippen molar-refractivity contribution in [1.82, 2.24) is 19.4 Å². The van der Waals surface area contributed by atoms with Crippen LogP contribution in [0.5, 0.6) is 0 Å². The zero-order valence-electron chi connectivity index (χ0n) is 12.5. The summed E-state index contributed by atoms with van der Waals surface area (Å²) in [5.74, 6) is 0.00355. The van der Waals surface area contributed by atoms with Crippen LogP contribution in [0, 0.1) is 0 Å². The van der Waals surface area contributed by atoms with Gasteiger partial charge in [0.05, 0.1) is 6.54 Å². The average molecular weight is 282 g/mol. The van der Waals surface area contributed by atoms with Gasteiger partial charge in [0.25, 0.3) is 5.56 Å². The summed E-state index contributed by atoms with van der Waals surface area (Å²) in [7, 11) is 3.04. The molecule has 1 N–H and O–H groups in total. The molecule has 0 aliphatic rings. The van der Waals surface area contributed by atoms with Gasteiger partial charge in [-0.05, 0) is 13.8 Å². The van der Waals surface area contributed by atoms with Crippen LogP contribution >= 0.6 is 0 Å². The second kappa shape index (κ2) is 7.04. The highest BCUT2D eigenvalue weighted by Gasteiger charge is 2.10. The summed E-state index contributed by atoms with van der Waals surface area (Å²) >= 11 is 0. The zero-order valence-corrected chi connectivity index (χ0v) is 12.5. The Balaban J connectivity index is 2.70. The number of hydrogen-bond acceptors (Lipinski definition) is 4. The molecule has 1 aromatic rings. The van der Waals surface area contributed by atoms with E-state index in [0.29, 0.717) is 25.3 Å². The summed E-state index contributed by atoms with van der Waals surface area (Å²) in [5, 5.41) is 2.97. The van der Waals surface area contributed by atoms with Gasteiger partial charge in [0, 0.05) is 45.5 Å². The summed E-state index contributed by atoms with van der Waals surface area (Å²) in [6.45, 7) is 5.67. The minimum Gasteiger partial charge on any atom is -0.342 e. The number of nitrogens with zero attached hydrogens (tertiary/aromatic N) is 3. The summed E-state index contributed by atoms with van der Waals surface area (Å²) in [6, 6.07) is 1.40. The number of hydrogen-bond donors (Lipinski definition) is 1. The third-order valence-corrected chi connectivity index (χ3v) is 3.32. The van der Waals surface area contributed by atoms with E-state index in [4.69, 9.17) is 0 Å². The summed E-state index contributed by atoms with van der Waals surface area (Å²) in [6.07, 6.45) is 0. The van der Waals surface area contributed by atoms with Gasteiger partial charge in [-0.3, -0.25) is 18.7 Å². The van der Waals surface area contributed by atoms with Crippen molar-refractivity contribution in [1.29, 1.82) is 0 Å². The molecule has 1 amide bonds. The molecule has 0 radical (unpaired) electrons. The van der Waals surface area contributed by atoms with Gasteiger partial charge in [-0.1, -0.05) is 0 Å². The van der Waals surface area contributed by atoms with Crippen molar-refractivity contribution < 1.29 is 4.79 Å². The van der Waals surface area contributed by atoms with Crippen LogP contribution in [-0.4, -0.2) is 39.6 Å². The van der Waals surface area contributed by atoms with Crippen molar-refractivity contribution in [2.45, 2.75) is 20.4 Å². The van der Waals surface area contributed by atoms with E-state index < -0.39 is 0 Å². The van der Waals surface area contributed by atoms with E-state index in [2.05, 4.69) is 5.32 Å². The number of rotatable bonds is 6. The molecule has 1 rings (SSSR count). The molecular weight excluding hydrogens is 260 g/mol. The van der Waals surface area contributed by atoms with Crippen molar-refractivity contribution in [2.24, 2.45) is 14.1 Å². The highest BCUT2D eigenvalue weighted by Crippen LogP contribution is 1.91. The summed E-state index contributed by atoms with van der Waals surface area (Å²) in [4.78, 5) is 36.8. The average Bonchev–Trinajstić information content (AvgIpc) is 2.43. The molecule has 0 saturated heterocycles. The van der Waals surface area contributed by atoms with Crippen LogP contribution in [0.1, 0.15) is 19.5 Å². The predicted molar refractivity (Wildman–Crippen MR) is 76.6 cm³/mol. The number of amides is 1. The molecule has 0 aromatic carbocycles. The van der Waals surface area contributed by atoms with Crippen molar-refractivity contribution in [3.8, 4) is 0 Å². The molecule has 0 aliphatic heterocycles. The highest BCUT2D eigenvalue weighted by molar-refractivity contribution is 5.78. The van der Waals surface area contributed by atoms with Crippen LogP contribution in [0.25, 0.3) is 0 Å². The second-order valence-electron chi connectivity index (χ2n) is 4.54. The fourth-order valence-corrected chi connectivity index (χ4v) is 1.93. The first kappa shape index (κ1) is 16.2. The molecule has 0 bridgehead atoms. The lowest BCUT2D eigenvalue weighted by molar-refractivity contribution is -0.129. The molecular formula is C13H22N4O3. The lowest BCUT2D eigenvalue weighted by atomic mass is 10.3. The standard InChI is InChI=1S/C13H22N4O3/c1-5-17(6-2)12(19)9-14-8-10-7-11(18)16(4)13(20)15(10)3/h7,14H,5-6,8-9H2,1-4H3. The first-order chi connectivity index (χ1) is 9.42. The van der Waals surface area contributed by atoms with E-state index in [1.807, 2.05) is 13.8 Å². The molecule has 112 valence electrons. The molecule has 0 saturated carbocycles. The minimum atomic E-state index is -0.371. The van der Waals surface area contributed by atoms with E-state index in [-0.39, 0.29) is 23.7 Å². The minimum absolute atomic E-state index is 0.00355. The normalized spacial score (nSPS) is 10.6. The van der Waals surface area contributed by atoms with Gasteiger partial charge in [0.15, 0.2) is 0 Å². The number of carbonyl (C=O) groups excluding carboxylic acids is 1. The van der Waals surface area contributed by atoms with Crippen LogP contribution < -0.4 is 16.6 Å². The lowest BCUT2D eigenvalue weighted by Crippen LogP contribution is -2.41. The number of carbonyl (C=O) groups is 1. The van der Waals surface area contributed by atoms with Crippen LogP contribution in [0.2, 0.25) is 0 Å². The molecule has 0 aliphatic carbocycles. The predicted octanol–water partition coefficient (Wildman–Crippen LogP) is -0.958. The van der Waals surface area contributed by atoms with E-state index in [0.717, 1.165) is 4.57 Å². The van der Waals surface area contributed by atoms with E-state index in [1.54, 1.807) is 11.9 Å². The van der Waals surface area contributed by atoms with Crippen LogP contribution in [0.15, 0.2) is 15.7 Å². The maximum Gasteiger partial charge on any atom is 0.330 e. The molecule has 7 heteroatoms. The Bertz CT molecular complexity index is 584. The summed E-state index contributed by atoms with van der Waals surface area (Å²) < 4.78 is 2.45. The van der Waals surface area contributed by atoms with Crippen LogP contribution in [0.4, 0.5) is 0 Å². The van der Waals surface area contributed by atoms with E-state index in [9.17, 15) is 14.4 Å². The Morgan fingerprint density at radius 2 is 1.80 bits per heavy atom. The maximum atomic E-state index is 11.8. The molecule has 0 fully saturated rings. The first-order valence-electron chi connectivity index (χ1n) is 6.66. The second-order valence-corrected chi connectivity index (χ2v) is 4.54. The van der Waals surface area contributed by atoms with Gasteiger partial charge in [0.1, 0.15) is 0 Å². The number of aromatic nitrogens is 2. The van der Waals surface area contributed by atoms with Gasteiger partial charge in [-0.2, -0.15) is 0 Å². The molecule has 20 heavy (non-hydrogen) atoms. The fraction of sp³-hybridized carbons (Fsp3) is 0.615. The van der Waals surface area contributed by atoms with Crippen molar-refractivity contribution in [2.75, 3.05) is 19.6 Å². The third-order valence-electron chi connectivity index (χ3n) is 3.32. The Morgan fingerprint density at radius 1 is 1.20 bits per heavy atom. The SMILES string of the molecule is CCN(CC)C(=O)CNCc1cc(=O)n(C)c(=O)n1C. The van der Waals surface area contributed by atoms with Gasteiger partial charge >= 0.3 is 5.69 Å². The van der Waals surface area contributed by atoms with Crippen molar-refractivity contribution >= 4 is 5.91 Å². The fourth-order valence-electron chi connectivity index (χ4n) is 1.93. The highest BCUT2D eigenvalue weighted by atomic mass is 16.2. The topological polar surface area (TPSA) is 76.3 Å². The van der Waals surface area contributed by atoms with E-state index >= 15 is 0 Å². The monoisotopic (exact) mass is 282 g/mol. The van der Waals surface area contributed by atoms with Gasteiger partial charge < -0.3 is 10.2 Å². The Kier molecular flexibility index (Phi) is 5.69. The molecule has 1 aromatic heterocycles. The third kappa shape index (κ3) is 3.57. The molecule has 0 atom stereocenters. The van der Waals surface area contributed by atoms with Gasteiger partial charge in [0.2, 0.25) is 5.91 Å². The number of nitrogens with one attached hydrogen (secondary N) is 1. The van der Waals surface area contributed by atoms with Gasteiger partial charge in [-0.25, -0.2) is 4.79 Å². The van der Waals surface area contributed by atoms with E-state index in [1.165, 1.54) is 17.7 Å². The maximum absolute atomic E-state index is 11.8. The first-order valence-corrected chi connectivity index (χ1v) is 6.66. The number of likely N-dealkylation sites (N-methyl/N-ethyl adjacent to an activating group) is 1. The Labute approximate surface area is 117 Å². The molecule has 1 heterocycles. The molecule has 7 nitrogen and oxygen atoms in total. The largest absolute Gasteiger partial charge is 0.342 e. The van der Waals surface area contributed by atoms with Crippen LogP contribution in [-0.2, 0) is 25.4 Å². The van der Waals surface area contributed by atoms with Crippen molar-refractivity contribution in [3.05, 3.63) is 32.6 Å². The van der Waals surface area contributed by atoms with Gasteiger partial charge in [-0.15, -0.1) is 0 Å². The summed E-state index contributed by atoms with van der Waals surface area (Å²) in [5.41, 5.74) is -0.158. The zero-order chi connectivity index (χ0) is 15.3.